The highest BCUT2D eigenvalue weighted by molar-refractivity contribution is 6.31. The molecule has 0 aliphatic rings. The van der Waals surface area contributed by atoms with E-state index in [2.05, 4.69) is 13.2 Å². The summed E-state index contributed by atoms with van der Waals surface area (Å²) in [5.41, 5.74) is 0.705. The lowest BCUT2D eigenvalue weighted by atomic mass is 10.0. The molecule has 0 unspecified atom stereocenters. The summed E-state index contributed by atoms with van der Waals surface area (Å²) in [7, 11) is 0. The Kier molecular flexibility index (Phi) is 15.6. The number of benzene rings is 3. The fourth-order valence-corrected chi connectivity index (χ4v) is 4.24. The van der Waals surface area contributed by atoms with E-state index in [0.717, 1.165) is 21.5 Å². The van der Waals surface area contributed by atoms with Gasteiger partial charge in [0.2, 0.25) is 0 Å². The van der Waals surface area contributed by atoms with Crippen LogP contribution in [0.4, 0.5) is 0 Å². The van der Waals surface area contributed by atoms with Crippen molar-refractivity contribution in [1.29, 1.82) is 0 Å². The van der Waals surface area contributed by atoms with E-state index in [1.54, 1.807) is 13.8 Å². The maximum Gasteiger partial charge on any atom is 0.333 e. The number of esters is 2. The number of ether oxygens (including phenoxy) is 8. The van der Waals surface area contributed by atoms with Crippen molar-refractivity contribution < 1.29 is 47.5 Å². The van der Waals surface area contributed by atoms with Gasteiger partial charge in [0.25, 0.3) is 0 Å². The fourth-order valence-electron chi connectivity index (χ4n) is 4.06. The topological polar surface area (TPSA) is 108 Å². The molecule has 244 valence electrons. The molecule has 0 aliphatic carbocycles. The van der Waals surface area contributed by atoms with Crippen LogP contribution >= 0.6 is 11.6 Å². The standard InChI is InChI=1S/C34H41ClO10/c1-24(2)33(36)44-21-17-40-13-11-38-15-19-42-31-27-7-5-6-8-28(27)32(30-23-26(35)9-10-29(30)31)43-20-16-39-12-14-41-18-22-45-34(37)25(3)4/h5-10,23H,1,3,11-22H2,2,4H3. The van der Waals surface area contributed by atoms with Crippen LogP contribution in [0.1, 0.15) is 13.8 Å². The largest absolute Gasteiger partial charge is 0.490 e. The third-order valence-electron chi connectivity index (χ3n) is 6.20. The summed E-state index contributed by atoms with van der Waals surface area (Å²) in [6.07, 6.45) is 0. The normalized spacial score (nSPS) is 11.0. The van der Waals surface area contributed by atoms with Gasteiger partial charge < -0.3 is 37.9 Å². The summed E-state index contributed by atoms with van der Waals surface area (Å²) >= 11 is 6.39. The van der Waals surface area contributed by atoms with Gasteiger partial charge in [0.1, 0.15) is 37.9 Å². The van der Waals surface area contributed by atoms with Crippen LogP contribution in [0, 0.1) is 0 Å². The van der Waals surface area contributed by atoms with Gasteiger partial charge in [-0.3, -0.25) is 0 Å². The first-order chi connectivity index (χ1) is 21.8. The number of carbonyl (C=O) groups excluding carboxylic acids is 2. The van der Waals surface area contributed by atoms with Crippen LogP contribution in [0.25, 0.3) is 21.5 Å². The highest BCUT2D eigenvalue weighted by Crippen LogP contribution is 2.43. The smallest absolute Gasteiger partial charge is 0.333 e. The number of hydrogen-bond donors (Lipinski definition) is 0. The lowest BCUT2D eigenvalue weighted by Gasteiger charge is -2.18. The minimum absolute atomic E-state index is 0.164. The third kappa shape index (κ3) is 12.0. The Balaban J connectivity index is 1.48. The highest BCUT2D eigenvalue weighted by Gasteiger charge is 2.17. The molecule has 0 radical (unpaired) electrons. The minimum Gasteiger partial charge on any atom is -0.490 e. The summed E-state index contributed by atoms with van der Waals surface area (Å²) in [4.78, 5) is 22.7. The van der Waals surface area contributed by atoms with Gasteiger partial charge in [0.15, 0.2) is 0 Å². The van der Waals surface area contributed by atoms with Gasteiger partial charge in [0, 0.05) is 37.7 Å². The second kappa shape index (κ2) is 19.7. The van der Waals surface area contributed by atoms with Crippen LogP contribution in [0.3, 0.4) is 0 Å². The highest BCUT2D eigenvalue weighted by atomic mass is 35.5. The van der Waals surface area contributed by atoms with E-state index in [9.17, 15) is 9.59 Å². The molecule has 0 bridgehead atoms. The summed E-state index contributed by atoms with van der Waals surface area (Å²) in [5.74, 6) is 0.541. The Morgan fingerprint density at radius 2 is 0.933 bits per heavy atom. The van der Waals surface area contributed by atoms with Gasteiger partial charge in [-0.15, -0.1) is 0 Å². The molecular formula is C34H41ClO10. The van der Waals surface area contributed by atoms with E-state index >= 15 is 0 Å². The van der Waals surface area contributed by atoms with E-state index in [-0.39, 0.29) is 26.4 Å². The molecule has 0 aromatic heterocycles. The second-order valence-electron chi connectivity index (χ2n) is 9.87. The van der Waals surface area contributed by atoms with Gasteiger partial charge in [-0.05, 0) is 32.0 Å². The lowest BCUT2D eigenvalue weighted by molar-refractivity contribution is -0.141. The number of carbonyl (C=O) groups is 2. The molecule has 0 fully saturated rings. The van der Waals surface area contributed by atoms with Crippen molar-refractivity contribution >= 4 is 45.1 Å². The molecule has 0 N–H and O–H groups in total. The molecule has 3 rings (SSSR count). The van der Waals surface area contributed by atoms with Crippen molar-refractivity contribution in [3.8, 4) is 11.5 Å². The number of fused-ring (bicyclic) bond motifs is 2. The van der Waals surface area contributed by atoms with Crippen LogP contribution in [0.5, 0.6) is 11.5 Å². The van der Waals surface area contributed by atoms with Gasteiger partial charge in [-0.1, -0.05) is 49.0 Å². The summed E-state index contributed by atoms with van der Waals surface area (Å²) in [5, 5.41) is 4.05. The van der Waals surface area contributed by atoms with Crippen molar-refractivity contribution in [3.05, 3.63) is 71.8 Å². The van der Waals surface area contributed by atoms with Gasteiger partial charge >= 0.3 is 11.9 Å². The van der Waals surface area contributed by atoms with Crippen molar-refractivity contribution in [3.63, 3.8) is 0 Å². The first-order valence-corrected chi connectivity index (χ1v) is 15.0. The van der Waals surface area contributed by atoms with E-state index in [1.165, 1.54) is 0 Å². The average Bonchev–Trinajstić information content (AvgIpc) is 3.02. The van der Waals surface area contributed by atoms with Crippen LogP contribution in [0.15, 0.2) is 66.8 Å². The molecule has 0 atom stereocenters. The number of rotatable bonds is 22. The summed E-state index contributed by atoms with van der Waals surface area (Å²) in [6, 6.07) is 13.5. The zero-order chi connectivity index (χ0) is 32.4. The molecule has 0 saturated heterocycles. The third-order valence-corrected chi connectivity index (χ3v) is 6.43. The Morgan fingerprint density at radius 3 is 1.38 bits per heavy atom. The Hall–Kier alpha value is -3.67. The quantitative estimate of drug-likeness (QED) is 0.0584. The maximum absolute atomic E-state index is 11.4. The molecule has 0 aliphatic heterocycles. The molecule has 3 aromatic rings. The van der Waals surface area contributed by atoms with E-state index < -0.39 is 11.9 Å². The van der Waals surface area contributed by atoms with Crippen molar-refractivity contribution in [1.82, 2.24) is 0 Å². The molecule has 0 heterocycles. The Bertz CT molecular complexity index is 1440. The second-order valence-corrected chi connectivity index (χ2v) is 10.3. The maximum atomic E-state index is 11.4. The molecule has 0 amide bonds. The fraction of sp³-hybridized carbons (Fsp3) is 0.412. The van der Waals surface area contributed by atoms with E-state index in [0.29, 0.717) is 80.5 Å². The number of halogens is 1. The van der Waals surface area contributed by atoms with Crippen molar-refractivity contribution in [2.45, 2.75) is 13.8 Å². The van der Waals surface area contributed by atoms with Gasteiger partial charge in [-0.25, -0.2) is 9.59 Å². The Morgan fingerprint density at radius 1 is 0.556 bits per heavy atom. The SMILES string of the molecule is C=C(C)C(=O)OCCOCCOCCOc1c2ccccc2c(OCCOCCOCCOC(=O)C(=C)C)c2cc(Cl)ccc12. The Labute approximate surface area is 268 Å². The van der Waals surface area contributed by atoms with Gasteiger partial charge in [0.05, 0.1) is 52.9 Å². The summed E-state index contributed by atoms with van der Waals surface area (Å²) in [6.45, 7) is 14.0. The monoisotopic (exact) mass is 644 g/mol. The molecule has 0 saturated carbocycles. The average molecular weight is 645 g/mol. The molecule has 3 aromatic carbocycles. The van der Waals surface area contributed by atoms with Crippen molar-refractivity contribution in [2.24, 2.45) is 0 Å². The zero-order valence-corrected chi connectivity index (χ0v) is 26.7. The van der Waals surface area contributed by atoms with Crippen molar-refractivity contribution in [2.75, 3.05) is 79.3 Å². The molecule has 11 heteroatoms. The predicted octanol–water partition coefficient (Wildman–Crippen LogP) is 5.71. The molecule has 0 spiro atoms. The lowest BCUT2D eigenvalue weighted by Crippen LogP contribution is -2.15. The van der Waals surface area contributed by atoms with Crippen LogP contribution in [0.2, 0.25) is 5.02 Å². The van der Waals surface area contributed by atoms with E-state index in [1.807, 2.05) is 42.5 Å². The minimum atomic E-state index is -0.433. The first-order valence-electron chi connectivity index (χ1n) is 14.7. The van der Waals surface area contributed by atoms with Crippen LogP contribution in [-0.2, 0) is 38.0 Å². The van der Waals surface area contributed by atoms with Crippen LogP contribution < -0.4 is 9.47 Å². The molecule has 10 nitrogen and oxygen atoms in total. The van der Waals surface area contributed by atoms with Gasteiger partial charge in [-0.2, -0.15) is 0 Å². The molecular weight excluding hydrogens is 604 g/mol. The first kappa shape index (κ1) is 35.8. The molecule has 45 heavy (non-hydrogen) atoms. The van der Waals surface area contributed by atoms with Crippen LogP contribution in [-0.4, -0.2) is 91.2 Å². The van der Waals surface area contributed by atoms with E-state index in [4.69, 9.17) is 49.5 Å². The number of hydrogen-bond acceptors (Lipinski definition) is 10. The summed E-state index contributed by atoms with van der Waals surface area (Å²) < 4.78 is 44.6. The zero-order valence-electron chi connectivity index (χ0n) is 25.9. The predicted molar refractivity (Wildman–Crippen MR) is 172 cm³/mol.